The Balaban J connectivity index is 3.45. The summed E-state index contributed by atoms with van der Waals surface area (Å²) in [5.41, 5.74) is -0.0949. The molecule has 0 saturated heterocycles. The van der Waals surface area contributed by atoms with Gasteiger partial charge < -0.3 is 9.47 Å². The second-order valence-corrected chi connectivity index (χ2v) is 4.32. The maximum absolute atomic E-state index is 5.78. The average molecular weight is 212 g/mol. The molecule has 0 aromatic carbocycles. The van der Waals surface area contributed by atoms with Gasteiger partial charge in [0.2, 0.25) is 0 Å². The molecule has 0 fully saturated rings. The number of hydrogen-bond acceptors (Lipinski definition) is 2. The lowest BCUT2D eigenvalue weighted by Gasteiger charge is -2.25. The molecule has 0 aliphatic rings. The van der Waals surface area contributed by atoms with Gasteiger partial charge in [-0.1, -0.05) is 25.7 Å². The Labute approximate surface area is 94.3 Å². The molecule has 0 rings (SSSR count). The molecule has 2 heteroatoms. The summed E-state index contributed by atoms with van der Waals surface area (Å²) in [7, 11) is 0. The Kier molecular flexibility index (Phi) is 8.46. The van der Waals surface area contributed by atoms with Gasteiger partial charge in [0.05, 0.1) is 12.2 Å². The first kappa shape index (κ1) is 14.5. The zero-order valence-electron chi connectivity index (χ0n) is 10.3. The van der Waals surface area contributed by atoms with Gasteiger partial charge >= 0.3 is 0 Å². The molecule has 0 unspecified atom stereocenters. The summed E-state index contributed by atoms with van der Waals surface area (Å²) < 4.78 is 11.0. The molecule has 0 aliphatic heterocycles. The second kappa shape index (κ2) is 8.76. The van der Waals surface area contributed by atoms with Crippen LogP contribution in [0, 0.1) is 12.3 Å². The summed E-state index contributed by atoms with van der Waals surface area (Å²) in [6.45, 7) is 8.29. The Morgan fingerprint density at radius 1 is 1.20 bits per heavy atom. The van der Waals surface area contributed by atoms with E-state index in [0.29, 0.717) is 13.2 Å². The minimum atomic E-state index is -0.0949. The molecule has 0 heterocycles. The quantitative estimate of drug-likeness (QED) is 0.432. The molecule has 15 heavy (non-hydrogen) atoms. The highest BCUT2D eigenvalue weighted by Crippen LogP contribution is 2.15. The van der Waals surface area contributed by atoms with Crippen LogP contribution in [0.2, 0.25) is 0 Å². The Morgan fingerprint density at radius 3 is 2.53 bits per heavy atom. The van der Waals surface area contributed by atoms with Crippen molar-refractivity contribution in [2.24, 2.45) is 0 Å². The predicted molar refractivity (Wildman–Crippen MR) is 63.8 cm³/mol. The minimum Gasteiger partial charge on any atom is -0.375 e. The van der Waals surface area contributed by atoms with Crippen LogP contribution in [0.5, 0.6) is 0 Å². The van der Waals surface area contributed by atoms with Gasteiger partial charge in [-0.3, -0.25) is 0 Å². The monoisotopic (exact) mass is 212 g/mol. The Morgan fingerprint density at radius 2 is 1.93 bits per heavy atom. The van der Waals surface area contributed by atoms with E-state index in [0.717, 1.165) is 19.4 Å². The lowest BCUT2D eigenvalue weighted by Crippen LogP contribution is -2.27. The first-order valence-corrected chi connectivity index (χ1v) is 5.77. The molecule has 0 aromatic rings. The largest absolute Gasteiger partial charge is 0.375 e. The summed E-state index contributed by atoms with van der Waals surface area (Å²) in [4.78, 5) is 0. The molecule has 0 aliphatic carbocycles. The van der Waals surface area contributed by atoms with E-state index >= 15 is 0 Å². The standard InChI is InChI=1S/C13H24O2/c1-5-7-8-11-15-13(3,4)9-12-14-10-6-2/h2H,5,7-12H2,1,3-4H3. The van der Waals surface area contributed by atoms with Crippen LogP contribution >= 0.6 is 0 Å². The molecule has 0 radical (unpaired) electrons. The highest BCUT2D eigenvalue weighted by Gasteiger charge is 2.17. The summed E-state index contributed by atoms with van der Waals surface area (Å²) in [6, 6.07) is 0. The first-order valence-electron chi connectivity index (χ1n) is 5.77. The fourth-order valence-corrected chi connectivity index (χ4v) is 1.22. The lowest BCUT2D eigenvalue weighted by atomic mass is 10.1. The van der Waals surface area contributed by atoms with E-state index < -0.39 is 0 Å². The van der Waals surface area contributed by atoms with Gasteiger partial charge in [0.15, 0.2) is 0 Å². The summed E-state index contributed by atoms with van der Waals surface area (Å²) in [5.74, 6) is 2.45. The molecule has 0 aromatic heterocycles. The topological polar surface area (TPSA) is 18.5 Å². The van der Waals surface area contributed by atoms with Gasteiger partial charge in [-0.2, -0.15) is 0 Å². The smallest absolute Gasteiger partial charge is 0.107 e. The zero-order chi connectivity index (χ0) is 11.6. The molecule has 0 bridgehead atoms. The van der Waals surface area contributed by atoms with E-state index in [1.54, 1.807) is 0 Å². The summed E-state index contributed by atoms with van der Waals surface area (Å²) in [6.07, 6.45) is 9.59. The van der Waals surface area contributed by atoms with Crippen molar-refractivity contribution in [1.29, 1.82) is 0 Å². The highest BCUT2D eigenvalue weighted by atomic mass is 16.5. The van der Waals surface area contributed by atoms with Crippen molar-refractivity contribution in [3.8, 4) is 12.3 Å². The van der Waals surface area contributed by atoms with Crippen molar-refractivity contribution in [2.75, 3.05) is 19.8 Å². The zero-order valence-corrected chi connectivity index (χ0v) is 10.3. The van der Waals surface area contributed by atoms with Crippen molar-refractivity contribution in [1.82, 2.24) is 0 Å². The SMILES string of the molecule is C#CCOCCC(C)(C)OCCCCC. The molecule has 88 valence electrons. The number of unbranched alkanes of at least 4 members (excludes halogenated alkanes) is 2. The van der Waals surface area contributed by atoms with Crippen molar-refractivity contribution < 1.29 is 9.47 Å². The van der Waals surface area contributed by atoms with Gasteiger partial charge in [0, 0.05) is 6.61 Å². The number of hydrogen-bond donors (Lipinski definition) is 0. The lowest BCUT2D eigenvalue weighted by molar-refractivity contribution is -0.0397. The minimum absolute atomic E-state index is 0.0949. The van der Waals surface area contributed by atoms with E-state index in [2.05, 4.69) is 26.7 Å². The summed E-state index contributed by atoms with van der Waals surface area (Å²) in [5, 5.41) is 0. The van der Waals surface area contributed by atoms with Gasteiger partial charge in [-0.15, -0.1) is 6.42 Å². The molecule has 2 nitrogen and oxygen atoms in total. The fraction of sp³-hybridized carbons (Fsp3) is 0.846. The van der Waals surface area contributed by atoms with E-state index in [1.807, 2.05) is 0 Å². The van der Waals surface area contributed by atoms with E-state index in [4.69, 9.17) is 15.9 Å². The first-order chi connectivity index (χ1) is 7.12. The van der Waals surface area contributed by atoms with Crippen LogP contribution in [0.25, 0.3) is 0 Å². The molecular weight excluding hydrogens is 188 g/mol. The molecule has 0 atom stereocenters. The number of ether oxygens (including phenoxy) is 2. The van der Waals surface area contributed by atoms with Crippen LogP contribution in [0.4, 0.5) is 0 Å². The Hall–Kier alpha value is -0.520. The maximum Gasteiger partial charge on any atom is 0.107 e. The third-order valence-corrected chi connectivity index (χ3v) is 2.27. The average Bonchev–Trinajstić information content (AvgIpc) is 2.20. The number of rotatable bonds is 9. The molecular formula is C13H24O2. The van der Waals surface area contributed by atoms with Crippen LogP contribution in [-0.2, 0) is 9.47 Å². The predicted octanol–water partition coefficient (Wildman–Crippen LogP) is 3.01. The van der Waals surface area contributed by atoms with Crippen molar-refractivity contribution in [3.63, 3.8) is 0 Å². The van der Waals surface area contributed by atoms with Gasteiger partial charge in [0.1, 0.15) is 6.61 Å². The van der Waals surface area contributed by atoms with Crippen LogP contribution in [0.1, 0.15) is 46.5 Å². The maximum atomic E-state index is 5.78. The normalized spacial score (nSPS) is 11.3. The molecule has 0 saturated carbocycles. The third kappa shape index (κ3) is 9.78. The molecule has 0 spiro atoms. The summed E-state index contributed by atoms with van der Waals surface area (Å²) >= 11 is 0. The van der Waals surface area contributed by atoms with E-state index in [9.17, 15) is 0 Å². The third-order valence-electron chi connectivity index (χ3n) is 2.27. The van der Waals surface area contributed by atoms with Crippen LogP contribution in [0.15, 0.2) is 0 Å². The second-order valence-electron chi connectivity index (χ2n) is 4.32. The van der Waals surface area contributed by atoms with Crippen molar-refractivity contribution >= 4 is 0 Å². The molecule has 0 N–H and O–H groups in total. The fourth-order valence-electron chi connectivity index (χ4n) is 1.22. The number of terminal acetylenes is 1. The van der Waals surface area contributed by atoms with Gasteiger partial charge in [-0.25, -0.2) is 0 Å². The van der Waals surface area contributed by atoms with Crippen LogP contribution in [-0.4, -0.2) is 25.4 Å². The van der Waals surface area contributed by atoms with E-state index in [1.165, 1.54) is 12.8 Å². The molecule has 0 amide bonds. The van der Waals surface area contributed by atoms with Gasteiger partial charge in [0.25, 0.3) is 0 Å². The van der Waals surface area contributed by atoms with Gasteiger partial charge in [-0.05, 0) is 26.7 Å². The highest BCUT2D eigenvalue weighted by molar-refractivity contribution is 4.83. The van der Waals surface area contributed by atoms with Crippen LogP contribution < -0.4 is 0 Å². The van der Waals surface area contributed by atoms with E-state index in [-0.39, 0.29) is 5.60 Å². The van der Waals surface area contributed by atoms with Crippen molar-refractivity contribution in [3.05, 3.63) is 0 Å². The Bertz CT molecular complexity index is 179. The van der Waals surface area contributed by atoms with Crippen molar-refractivity contribution in [2.45, 2.75) is 52.1 Å². The van der Waals surface area contributed by atoms with Crippen LogP contribution in [0.3, 0.4) is 0 Å².